The zero-order valence-corrected chi connectivity index (χ0v) is 20.4. The first kappa shape index (κ1) is 23.9. The molecule has 3 aliphatic rings. The van der Waals surface area contributed by atoms with Crippen LogP contribution in [0.5, 0.6) is 0 Å². The number of aliphatic hydroxyl groups excluding tert-OH is 1. The molecule has 9 heteroatoms. The van der Waals surface area contributed by atoms with Gasteiger partial charge in [-0.15, -0.1) is 0 Å². The molecule has 0 aliphatic carbocycles. The highest BCUT2D eigenvalue weighted by molar-refractivity contribution is 6.37. The van der Waals surface area contributed by atoms with E-state index in [-0.39, 0.29) is 36.1 Å². The number of halogens is 2. The molecule has 2 atom stereocenters. The van der Waals surface area contributed by atoms with Gasteiger partial charge in [-0.3, -0.25) is 14.4 Å². The van der Waals surface area contributed by atoms with Gasteiger partial charge in [0.25, 0.3) is 11.8 Å². The van der Waals surface area contributed by atoms with Crippen LogP contribution in [-0.4, -0.2) is 71.1 Å². The van der Waals surface area contributed by atoms with E-state index >= 15 is 0 Å². The van der Waals surface area contributed by atoms with Gasteiger partial charge < -0.3 is 14.9 Å². The van der Waals surface area contributed by atoms with Gasteiger partial charge in [0.1, 0.15) is 6.61 Å². The summed E-state index contributed by atoms with van der Waals surface area (Å²) in [6.07, 6.45) is 2.43. The van der Waals surface area contributed by atoms with Crippen LogP contribution in [0.1, 0.15) is 48.2 Å². The van der Waals surface area contributed by atoms with Crippen molar-refractivity contribution >= 4 is 46.6 Å². The molecule has 7 nitrogen and oxygen atoms in total. The molecule has 3 aliphatic heterocycles. The van der Waals surface area contributed by atoms with E-state index in [1.54, 1.807) is 16.7 Å². The van der Waals surface area contributed by atoms with Crippen LogP contribution >= 0.6 is 23.2 Å². The van der Waals surface area contributed by atoms with Crippen molar-refractivity contribution < 1.29 is 19.5 Å². The summed E-state index contributed by atoms with van der Waals surface area (Å²) in [7, 11) is 0. The van der Waals surface area contributed by atoms with Crippen molar-refractivity contribution in [3.8, 4) is 0 Å². The molecule has 3 heterocycles. The van der Waals surface area contributed by atoms with Crippen molar-refractivity contribution in [2.45, 2.75) is 33.1 Å². The standard InChI is InChI=1S/C24H27Cl2N3O4/c1-12-6-13(2)27-23(32)18(12)10-28-5-4-16-19(25)7-17(22(26)21(16)24(28)33)14(3)15-8-29(9-15)20(31)11-30/h6-7,14-15,18,30H,4-5,8-11H2,1-3H3. The van der Waals surface area contributed by atoms with Gasteiger partial charge >= 0.3 is 0 Å². The number of aliphatic imine (C=N–C) groups is 1. The molecule has 0 bridgehead atoms. The highest BCUT2D eigenvalue weighted by Crippen LogP contribution is 2.42. The maximum Gasteiger partial charge on any atom is 0.255 e. The molecule has 2 unspecified atom stereocenters. The second kappa shape index (κ2) is 9.20. The SMILES string of the molecule is CC1=CC(C)=NC(=O)C1CN1CCc2c(Cl)cc(C(C)C3CN(C(=O)CO)C3)c(Cl)c2C1=O. The number of rotatable bonds is 5. The Balaban J connectivity index is 1.57. The predicted molar refractivity (Wildman–Crippen MR) is 127 cm³/mol. The largest absolute Gasteiger partial charge is 0.387 e. The summed E-state index contributed by atoms with van der Waals surface area (Å²) in [5, 5.41) is 9.94. The lowest BCUT2D eigenvalue weighted by Crippen LogP contribution is -2.52. The lowest BCUT2D eigenvalue weighted by atomic mass is 9.80. The second-order valence-electron chi connectivity index (χ2n) is 9.15. The van der Waals surface area contributed by atoms with Crippen LogP contribution in [0.15, 0.2) is 22.7 Å². The average molecular weight is 492 g/mol. The molecule has 0 aromatic heterocycles. The Labute approximate surface area is 203 Å². The fraction of sp³-hybridized carbons (Fsp3) is 0.500. The van der Waals surface area contributed by atoms with Gasteiger partial charge in [0.05, 0.1) is 16.5 Å². The normalized spacial score (nSPS) is 21.9. The van der Waals surface area contributed by atoms with Crippen LogP contribution in [0, 0.1) is 11.8 Å². The van der Waals surface area contributed by atoms with Crippen LogP contribution in [-0.2, 0) is 16.0 Å². The van der Waals surface area contributed by atoms with Crippen molar-refractivity contribution in [2.75, 3.05) is 32.8 Å². The van der Waals surface area contributed by atoms with Gasteiger partial charge in [-0.2, -0.15) is 0 Å². The number of allylic oxidation sites excluding steroid dienone is 1. The first-order valence-corrected chi connectivity index (χ1v) is 11.8. The summed E-state index contributed by atoms with van der Waals surface area (Å²) in [5.41, 5.74) is 3.49. The van der Waals surface area contributed by atoms with Crippen LogP contribution in [0.4, 0.5) is 0 Å². The van der Waals surface area contributed by atoms with Crippen LogP contribution in [0.25, 0.3) is 0 Å². The van der Waals surface area contributed by atoms with Gasteiger partial charge in [0.15, 0.2) is 0 Å². The summed E-state index contributed by atoms with van der Waals surface area (Å²) >= 11 is 13.4. The molecule has 0 spiro atoms. The smallest absolute Gasteiger partial charge is 0.255 e. The molecular weight excluding hydrogens is 465 g/mol. The maximum absolute atomic E-state index is 13.5. The first-order chi connectivity index (χ1) is 15.6. The number of hydrogen-bond acceptors (Lipinski definition) is 4. The van der Waals surface area contributed by atoms with Crippen LogP contribution in [0.3, 0.4) is 0 Å². The van der Waals surface area contributed by atoms with E-state index in [0.717, 1.165) is 16.7 Å². The van der Waals surface area contributed by atoms with Crippen molar-refractivity contribution in [1.29, 1.82) is 0 Å². The molecule has 1 aromatic carbocycles. The Bertz CT molecular complexity index is 1090. The van der Waals surface area contributed by atoms with E-state index in [1.807, 2.05) is 26.0 Å². The maximum atomic E-state index is 13.5. The number of benzene rings is 1. The van der Waals surface area contributed by atoms with Crippen molar-refractivity contribution in [3.63, 3.8) is 0 Å². The highest BCUT2D eigenvalue weighted by atomic mass is 35.5. The zero-order chi connectivity index (χ0) is 24.0. The summed E-state index contributed by atoms with van der Waals surface area (Å²) in [6.45, 7) is 6.95. The quantitative estimate of drug-likeness (QED) is 0.684. The Morgan fingerprint density at radius 2 is 1.97 bits per heavy atom. The Kier molecular flexibility index (Phi) is 6.67. The Hall–Kier alpha value is -2.22. The molecular formula is C24H27Cl2N3O4. The van der Waals surface area contributed by atoms with E-state index in [4.69, 9.17) is 28.3 Å². The van der Waals surface area contributed by atoms with Gasteiger partial charge in [0, 0.05) is 42.8 Å². The van der Waals surface area contributed by atoms with E-state index in [1.165, 1.54) is 0 Å². The third-order valence-electron chi connectivity index (χ3n) is 7.05. The molecule has 3 amide bonds. The number of likely N-dealkylation sites (tertiary alicyclic amines) is 1. The number of aliphatic hydroxyl groups is 1. The van der Waals surface area contributed by atoms with Crippen LogP contribution in [0.2, 0.25) is 10.0 Å². The summed E-state index contributed by atoms with van der Waals surface area (Å²) in [6, 6.07) is 1.84. The summed E-state index contributed by atoms with van der Waals surface area (Å²) in [5.74, 6) is -1.07. The minimum atomic E-state index is -0.500. The number of carbonyl (C=O) groups excluding carboxylic acids is 3. The molecule has 0 saturated carbocycles. The number of dihydropyridines is 1. The third kappa shape index (κ3) is 4.34. The number of amides is 3. The van der Waals surface area contributed by atoms with Gasteiger partial charge in [-0.1, -0.05) is 35.7 Å². The Morgan fingerprint density at radius 1 is 1.27 bits per heavy atom. The fourth-order valence-corrected chi connectivity index (χ4v) is 5.63. The number of hydrogen-bond donors (Lipinski definition) is 1. The molecule has 1 saturated heterocycles. The summed E-state index contributed by atoms with van der Waals surface area (Å²) in [4.78, 5) is 44.9. The molecule has 4 rings (SSSR count). The number of carbonyl (C=O) groups is 3. The van der Waals surface area contributed by atoms with Crippen molar-refractivity contribution in [2.24, 2.45) is 16.8 Å². The molecule has 176 valence electrons. The van der Waals surface area contributed by atoms with Crippen LogP contribution < -0.4 is 0 Å². The first-order valence-electron chi connectivity index (χ1n) is 11.1. The highest BCUT2D eigenvalue weighted by Gasteiger charge is 2.38. The monoisotopic (exact) mass is 491 g/mol. The molecule has 33 heavy (non-hydrogen) atoms. The van der Waals surface area contributed by atoms with Crippen molar-refractivity contribution in [3.05, 3.63) is 44.5 Å². The lowest BCUT2D eigenvalue weighted by Gasteiger charge is -2.43. The minimum Gasteiger partial charge on any atom is -0.387 e. The lowest BCUT2D eigenvalue weighted by molar-refractivity contribution is -0.141. The molecule has 1 aromatic rings. The molecule has 0 radical (unpaired) electrons. The topological polar surface area (TPSA) is 90.3 Å². The Morgan fingerprint density at radius 3 is 2.61 bits per heavy atom. The fourth-order valence-electron chi connectivity index (χ4n) is 4.90. The van der Waals surface area contributed by atoms with E-state index in [2.05, 4.69) is 4.99 Å². The van der Waals surface area contributed by atoms with E-state index in [0.29, 0.717) is 47.4 Å². The molecule has 1 N–H and O–H groups in total. The predicted octanol–water partition coefficient (Wildman–Crippen LogP) is 3.11. The minimum absolute atomic E-state index is 0.0198. The second-order valence-corrected chi connectivity index (χ2v) is 9.94. The third-order valence-corrected chi connectivity index (χ3v) is 7.79. The molecule has 1 fully saturated rings. The summed E-state index contributed by atoms with van der Waals surface area (Å²) < 4.78 is 0. The van der Waals surface area contributed by atoms with Crippen molar-refractivity contribution in [1.82, 2.24) is 9.80 Å². The van der Waals surface area contributed by atoms with Gasteiger partial charge in [0.2, 0.25) is 5.91 Å². The van der Waals surface area contributed by atoms with E-state index in [9.17, 15) is 14.4 Å². The van der Waals surface area contributed by atoms with Gasteiger partial charge in [-0.25, -0.2) is 4.99 Å². The average Bonchev–Trinajstić information content (AvgIpc) is 2.72. The van der Waals surface area contributed by atoms with Gasteiger partial charge in [-0.05, 0) is 49.5 Å². The number of nitrogens with zero attached hydrogens (tertiary/aromatic N) is 3. The van der Waals surface area contributed by atoms with E-state index < -0.39 is 12.5 Å². The zero-order valence-electron chi connectivity index (χ0n) is 18.9. The number of fused-ring (bicyclic) bond motifs is 1.